The lowest BCUT2D eigenvalue weighted by Crippen LogP contribution is -2.54. The second kappa shape index (κ2) is 9.66. The first kappa shape index (κ1) is 21.1. The standard InChI is InChI=1S/C21H25N3O4/c1-4-24(19(18(26)13-25)20(27)23-3)21(28)16-7-5-14(6-8-16)15-9-11-17(22-2)12-10-15/h5-12,19,22,25H,4,13H2,1-3H3,(H,23,27). The van der Waals surface area contributed by atoms with Crippen LogP contribution in [0.25, 0.3) is 11.1 Å². The van der Waals surface area contributed by atoms with E-state index in [9.17, 15) is 19.5 Å². The summed E-state index contributed by atoms with van der Waals surface area (Å²) in [7, 11) is 3.23. The van der Waals surface area contributed by atoms with Crippen molar-refractivity contribution < 1.29 is 19.5 Å². The van der Waals surface area contributed by atoms with Gasteiger partial charge in [-0.25, -0.2) is 0 Å². The summed E-state index contributed by atoms with van der Waals surface area (Å²) in [6.45, 7) is 1.01. The van der Waals surface area contributed by atoms with E-state index in [0.29, 0.717) is 5.56 Å². The Bertz CT molecular complexity index is 816. The Hall–Kier alpha value is -3.19. The number of hydrogen-bond acceptors (Lipinski definition) is 5. The molecule has 0 saturated heterocycles. The smallest absolute Gasteiger partial charge is 0.254 e. The van der Waals surface area contributed by atoms with E-state index in [1.54, 1.807) is 19.1 Å². The summed E-state index contributed by atoms with van der Waals surface area (Å²) in [6.07, 6.45) is 0. The van der Waals surface area contributed by atoms with Gasteiger partial charge in [-0.2, -0.15) is 0 Å². The lowest BCUT2D eigenvalue weighted by Gasteiger charge is -2.28. The summed E-state index contributed by atoms with van der Waals surface area (Å²) in [6, 6.07) is 13.5. The number of benzene rings is 2. The summed E-state index contributed by atoms with van der Waals surface area (Å²) in [5.41, 5.74) is 3.31. The van der Waals surface area contributed by atoms with Crippen LogP contribution in [0.15, 0.2) is 48.5 Å². The van der Waals surface area contributed by atoms with Gasteiger partial charge in [-0.1, -0.05) is 24.3 Å². The molecule has 148 valence electrons. The first-order valence-corrected chi connectivity index (χ1v) is 9.01. The highest BCUT2D eigenvalue weighted by molar-refractivity contribution is 6.10. The number of carbonyl (C=O) groups is 3. The number of ketones is 1. The van der Waals surface area contributed by atoms with Gasteiger partial charge in [0.15, 0.2) is 11.8 Å². The number of nitrogens with zero attached hydrogens (tertiary/aromatic N) is 1. The molecule has 1 unspecified atom stereocenters. The Balaban J connectivity index is 2.28. The van der Waals surface area contributed by atoms with Gasteiger partial charge >= 0.3 is 0 Å². The van der Waals surface area contributed by atoms with Crippen molar-refractivity contribution in [2.24, 2.45) is 0 Å². The van der Waals surface area contributed by atoms with E-state index in [1.165, 1.54) is 7.05 Å². The number of Topliss-reactive ketones (excluding diaryl/α,β-unsaturated/α-hetero) is 1. The fourth-order valence-electron chi connectivity index (χ4n) is 2.93. The van der Waals surface area contributed by atoms with Gasteiger partial charge < -0.3 is 20.6 Å². The van der Waals surface area contributed by atoms with E-state index in [2.05, 4.69) is 10.6 Å². The maximum absolute atomic E-state index is 12.9. The first-order chi connectivity index (χ1) is 13.5. The van der Waals surface area contributed by atoms with Gasteiger partial charge in [-0.05, 0) is 42.3 Å². The molecule has 2 aromatic rings. The molecule has 0 radical (unpaired) electrons. The van der Waals surface area contributed by atoms with Crippen molar-refractivity contribution in [3.8, 4) is 11.1 Å². The number of carbonyl (C=O) groups excluding carboxylic acids is 3. The highest BCUT2D eigenvalue weighted by Gasteiger charge is 2.34. The van der Waals surface area contributed by atoms with Crippen LogP contribution in [0, 0.1) is 0 Å². The number of aliphatic hydroxyl groups excluding tert-OH is 1. The van der Waals surface area contributed by atoms with Crippen LogP contribution in [0.3, 0.4) is 0 Å². The minimum absolute atomic E-state index is 0.149. The minimum atomic E-state index is -1.36. The topological polar surface area (TPSA) is 98.7 Å². The van der Waals surface area contributed by atoms with Gasteiger partial charge in [0, 0.05) is 31.9 Å². The molecular weight excluding hydrogens is 358 g/mol. The molecule has 7 heteroatoms. The molecule has 0 saturated carbocycles. The van der Waals surface area contributed by atoms with Gasteiger partial charge in [0.25, 0.3) is 5.91 Å². The van der Waals surface area contributed by atoms with Crippen molar-refractivity contribution in [1.29, 1.82) is 0 Å². The number of anilines is 1. The predicted octanol–water partition coefficient (Wildman–Crippen LogP) is 1.53. The van der Waals surface area contributed by atoms with Crippen LogP contribution < -0.4 is 10.6 Å². The van der Waals surface area contributed by atoms with Crippen LogP contribution in [0.5, 0.6) is 0 Å². The molecule has 1 atom stereocenters. The summed E-state index contributed by atoms with van der Waals surface area (Å²) < 4.78 is 0. The number of hydrogen-bond donors (Lipinski definition) is 3. The zero-order valence-corrected chi connectivity index (χ0v) is 16.2. The lowest BCUT2D eigenvalue weighted by molar-refractivity contribution is -0.136. The fourth-order valence-corrected chi connectivity index (χ4v) is 2.93. The Morgan fingerprint density at radius 1 is 0.964 bits per heavy atom. The number of nitrogens with one attached hydrogen (secondary N) is 2. The molecule has 0 aromatic heterocycles. The van der Waals surface area contributed by atoms with E-state index in [4.69, 9.17) is 0 Å². The molecule has 3 N–H and O–H groups in total. The largest absolute Gasteiger partial charge is 0.388 e. The molecule has 0 aliphatic carbocycles. The van der Waals surface area contributed by atoms with Crippen molar-refractivity contribution in [3.05, 3.63) is 54.1 Å². The highest BCUT2D eigenvalue weighted by atomic mass is 16.3. The monoisotopic (exact) mass is 383 g/mol. The van der Waals surface area contributed by atoms with Gasteiger partial charge in [-0.3, -0.25) is 14.4 Å². The van der Waals surface area contributed by atoms with Gasteiger partial charge in [0.05, 0.1) is 0 Å². The molecule has 0 aliphatic heterocycles. The van der Waals surface area contributed by atoms with Crippen LogP contribution in [0.4, 0.5) is 5.69 Å². The zero-order chi connectivity index (χ0) is 20.7. The molecule has 0 bridgehead atoms. The lowest BCUT2D eigenvalue weighted by atomic mass is 10.0. The maximum atomic E-state index is 12.9. The molecule has 2 rings (SSSR count). The molecule has 0 fully saturated rings. The van der Waals surface area contributed by atoms with Crippen LogP contribution >= 0.6 is 0 Å². The third kappa shape index (κ3) is 4.55. The number of amides is 2. The molecule has 7 nitrogen and oxygen atoms in total. The maximum Gasteiger partial charge on any atom is 0.254 e. The fraction of sp³-hybridized carbons (Fsp3) is 0.286. The van der Waals surface area contributed by atoms with Crippen molar-refractivity contribution >= 4 is 23.3 Å². The van der Waals surface area contributed by atoms with E-state index in [0.717, 1.165) is 21.7 Å². The molecule has 28 heavy (non-hydrogen) atoms. The van der Waals surface area contributed by atoms with E-state index in [-0.39, 0.29) is 6.54 Å². The minimum Gasteiger partial charge on any atom is -0.388 e. The number of aliphatic hydroxyl groups is 1. The normalized spacial score (nSPS) is 11.4. The third-order valence-electron chi connectivity index (χ3n) is 4.51. The molecule has 0 heterocycles. The molecule has 0 spiro atoms. The SMILES string of the molecule is CCN(C(=O)c1ccc(-c2ccc(NC)cc2)cc1)C(C(=O)CO)C(=O)NC. The zero-order valence-electron chi connectivity index (χ0n) is 16.2. The van der Waals surface area contributed by atoms with Crippen molar-refractivity contribution in [3.63, 3.8) is 0 Å². The first-order valence-electron chi connectivity index (χ1n) is 9.01. The highest BCUT2D eigenvalue weighted by Crippen LogP contribution is 2.22. The van der Waals surface area contributed by atoms with Gasteiger partial charge in [0.1, 0.15) is 6.61 Å². The number of likely N-dealkylation sites (N-methyl/N-ethyl adjacent to an activating group) is 2. The number of rotatable bonds is 8. The van der Waals surface area contributed by atoms with Crippen LogP contribution in [0.1, 0.15) is 17.3 Å². The average molecular weight is 383 g/mol. The van der Waals surface area contributed by atoms with Crippen molar-refractivity contribution in [2.45, 2.75) is 13.0 Å². The van der Waals surface area contributed by atoms with Crippen LogP contribution in [-0.4, -0.2) is 60.9 Å². The summed E-state index contributed by atoms with van der Waals surface area (Å²) >= 11 is 0. The summed E-state index contributed by atoms with van der Waals surface area (Å²) in [5.74, 6) is -1.80. The van der Waals surface area contributed by atoms with E-state index < -0.39 is 30.2 Å². The van der Waals surface area contributed by atoms with E-state index in [1.807, 2.05) is 43.4 Å². The van der Waals surface area contributed by atoms with Gasteiger partial charge in [0.2, 0.25) is 5.91 Å². The quantitative estimate of drug-likeness (QED) is 0.601. The van der Waals surface area contributed by atoms with Crippen molar-refractivity contribution in [1.82, 2.24) is 10.2 Å². The third-order valence-corrected chi connectivity index (χ3v) is 4.51. The summed E-state index contributed by atoms with van der Waals surface area (Å²) in [4.78, 5) is 38.2. The molecular formula is C21H25N3O4. The van der Waals surface area contributed by atoms with Crippen molar-refractivity contribution in [2.75, 3.05) is 32.6 Å². The van der Waals surface area contributed by atoms with Gasteiger partial charge in [-0.15, -0.1) is 0 Å². The Labute approximate surface area is 164 Å². The molecule has 0 aliphatic rings. The predicted molar refractivity (Wildman–Crippen MR) is 108 cm³/mol. The van der Waals surface area contributed by atoms with E-state index >= 15 is 0 Å². The summed E-state index contributed by atoms with van der Waals surface area (Å²) in [5, 5.41) is 14.6. The Kier molecular flexibility index (Phi) is 7.28. The van der Waals surface area contributed by atoms with Crippen LogP contribution in [0.2, 0.25) is 0 Å². The molecule has 2 aromatic carbocycles. The van der Waals surface area contributed by atoms with Crippen LogP contribution in [-0.2, 0) is 9.59 Å². The second-order valence-corrected chi connectivity index (χ2v) is 6.14. The molecule has 2 amide bonds. The Morgan fingerprint density at radius 2 is 1.50 bits per heavy atom. The second-order valence-electron chi connectivity index (χ2n) is 6.14. The Morgan fingerprint density at radius 3 is 1.93 bits per heavy atom. The average Bonchev–Trinajstić information content (AvgIpc) is 2.76.